The van der Waals surface area contributed by atoms with Crippen molar-refractivity contribution in [3.05, 3.63) is 40.6 Å². The molecule has 7 rings (SSSR count). The van der Waals surface area contributed by atoms with Crippen molar-refractivity contribution in [1.82, 2.24) is 24.2 Å². The SMILES string of the molecule is Cn1c(=O)n(CC2CCC2)c2ccc(N3CC4CCC3CN4C(=O)c3ccon3)nc21. The normalized spacial score (nSPS) is 23.5. The Hall–Kier alpha value is -3.10. The van der Waals surface area contributed by atoms with Crippen LogP contribution in [-0.2, 0) is 13.6 Å². The highest BCUT2D eigenvalue weighted by Crippen LogP contribution is 2.34. The van der Waals surface area contributed by atoms with E-state index in [2.05, 4.69) is 10.1 Å². The molecule has 2 bridgehead atoms. The van der Waals surface area contributed by atoms with Crippen molar-refractivity contribution in [3.63, 3.8) is 0 Å². The molecule has 1 saturated carbocycles. The summed E-state index contributed by atoms with van der Waals surface area (Å²) in [5.74, 6) is 1.42. The summed E-state index contributed by atoms with van der Waals surface area (Å²) in [7, 11) is 1.80. The van der Waals surface area contributed by atoms with Gasteiger partial charge in [-0.3, -0.25) is 13.9 Å². The lowest BCUT2D eigenvalue weighted by Gasteiger charge is -2.51. The van der Waals surface area contributed by atoms with Gasteiger partial charge in [0.15, 0.2) is 11.3 Å². The Balaban J connectivity index is 1.28. The Morgan fingerprint density at radius 2 is 1.97 bits per heavy atom. The maximum atomic E-state index is 12.8. The number of hydrogen-bond donors (Lipinski definition) is 0. The minimum atomic E-state index is -0.0676. The summed E-state index contributed by atoms with van der Waals surface area (Å²) in [6.07, 6.45) is 7.10. The van der Waals surface area contributed by atoms with E-state index >= 15 is 0 Å². The van der Waals surface area contributed by atoms with Gasteiger partial charge in [0.1, 0.15) is 12.1 Å². The predicted octanol–water partition coefficient (Wildman–Crippen LogP) is 2.02. The lowest BCUT2D eigenvalue weighted by molar-refractivity contribution is 0.0494. The largest absolute Gasteiger partial charge is 0.364 e. The maximum Gasteiger partial charge on any atom is 0.330 e. The number of imidazole rings is 1. The first-order chi connectivity index (χ1) is 15.1. The number of anilines is 1. The number of nitrogens with zero attached hydrogens (tertiary/aromatic N) is 6. The Bertz CT molecular complexity index is 1190. The molecule has 2 unspecified atom stereocenters. The average molecular weight is 422 g/mol. The van der Waals surface area contributed by atoms with E-state index in [1.165, 1.54) is 25.5 Å². The van der Waals surface area contributed by atoms with Crippen molar-refractivity contribution in [3.8, 4) is 0 Å². The second-order valence-corrected chi connectivity index (χ2v) is 9.14. The van der Waals surface area contributed by atoms with Gasteiger partial charge < -0.3 is 14.3 Å². The van der Waals surface area contributed by atoms with Gasteiger partial charge >= 0.3 is 5.69 Å². The fraction of sp³-hybridized carbons (Fsp3) is 0.545. The van der Waals surface area contributed by atoms with Crippen LogP contribution in [0.3, 0.4) is 0 Å². The maximum absolute atomic E-state index is 12.8. The highest BCUT2D eigenvalue weighted by molar-refractivity contribution is 5.92. The molecular formula is C22H26N6O3. The van der Waals surface area contributed by atoms with Gasteiger partial charge in [0.25, 0.3) is 5.91 Å². The van der Waals surface area contributed by atoms with Crippen molar-refractivity contribution in [1.29, 1.82) is 0 Å². The first-order valence-electron chi connectivity index (χ1n) is 11.1. The number of aromatic nitrogens is 4. The standard InChI is InChI=1S/C22H26N6O3/c1-25-20-18(28(22(25)30)11-14-3-2-4-14)7-8-19(23-20)26-12-16-6-5-15(26)13-27(16)21(29)17-9-10-31-24-17/h7-10,14-16H,2-6,11-13H2,1H3. The summed E-state index contributed by atoms with van der Waals surface area (Å²) in [6.45, 7) is 2.17. The van der Waals surface area contributed by atoms with Crippen LogP contribution in [0.15, 0.2) is 33.8 Å². The molecule has 4 fully saturated rings. The molecule has 0 aromatic carbocycles. The number of rotatable bonds is 4. The Morgan fingerprint density at radius 1 is 1.13 bits per heavy atom. The zero-order valence-corrected chi connectivity index (χ0v) is 17.6. The Labute approximate surface area is 179 Å². The molecule has 0 radical (unpaired) electrons. The number of piperidine rings is 2. The minimum Gasteiger partial charge on any atom is -0.364 e. The van der Waals surface area contributed by atoms with E-state index in [0.29, 0.717) is 18.2 Å². The van der Waals surface area contributed by atoms with E-state index in [-0.39, 0.29) is 23.7 Å². The third kappa shape index (κ3) is 2.90. The van der Waals surface area contributed by atoms with Gasteiger partial charge in [0, 0.05) is 44.8 Å². The molecular weight excluding hydrogens is 396 g/mol. The van der Waals surface area contributed by atoms with Crippen LogP contribution in [0.1, 0.15) is 42.6 Å². The number of piperazine rings is 1. The molecule has 4 aliphatic rings. The number of carbonyl (C=O) groups excluding carboxylic acids is 1. The van der Waals surface area contributed by atoms with E-state index in [0.717, 1.165) is 42.9 Å². The molecule has 3 saturated heterocycles. The molecule has 162 valence electrons. The topological polar surface area (TPSA) is 89.4 Å². The van der Waals surface area contributed by atoms with Crippen LogP contribution in [0, 0.1) is 5.92 Å². The summed E-state index contributed by atoms with van der Waals surface area (Å²) < 4.78 is 8.40. The molecule has 9 heteroatoms. The van der Waals surface area contributed by atoms with Crippen molar-refractivity contribution in [2.24, 2.45) is 13.0 Å². The molecule has 3 aromatic rings. The van der Waals surface area contributed by atoms with Crippen LogP contribution in [0.5, 0.6) is 0 Å². The fourth-order valence-electron chi connectivity index (χ4n) is 5.36. The summed E-state index contributed by atoms with van der Waals surface area (Å²) in [6, 6.07) is 6.02. The highest BCUT2D eigenvalue weighted by Gasteiger charge is 2.42. The molecule has 1 aliphatic carbocycles. The second kappa shape index (κ2) is 6.96. The molecule has 0 spiro atoms. The molecule has 3 aliphatic heterocycles. The zero-order valence-electron chi connectivity index (χ0n) is 17.6. The first-order valence-corrected chi connectivity index (χ1v) is 11.1. The average Bonchev–Trinajstić information content (AvgIpc) is 3.39. The van der Waals surface area contributed by atoms with Crippen molar-refractivity contribution in [2.75, 3.05) is 18.0 Å². The summed E-state index contributed by atoms with van der Waals surface area (Å²) in [5, 5.41) is 3.81. The summed E-state index contributed by atoms with van der Waals surface area (Å²) >= 11 is 0. The van der Waals surface area contributed by atoms with Crippen LogP contribution in [0.2, 0.25) is 0 Å². The number of aryl methyl sites for hydroxylation is 1. The fourth-order valence-corrected chi connectivity index (χ4v) is 5.36. The van der Waals surface area contributed by atoms with Crippen LogP contribution in [0.4, 0.5) is 5.82 Å². The van der Waals surface area contributed by atoms with Crippen molar-refractivity contribution in [2.45, 2.75) is 50.7 Å². The van der Waals surface area contributed by atoms with Gasteiger partial charge in [-0.1, -0.05) is 11.6 Å². The highest BCUT2D eigenvalue weighted by atomic mass is 16.5. The summed E-state index contributed by atoms with van der Waals surface area (Å²) in [5.41, 5.74) is 2.02. The lowest BCUT2D eigenvalue weighted by atomic mass is 9.85. The van der Waals surface area contributed by atoms with Gasteiger partial charge in [-0.25, -0.2) is 9.78 Å². The van der Waals surface area contributed by atoms with E-state index in [1.807, 2.05) is 21.6 Å². The molecule has 3 aromatic heterocycles. The number of carbonyl (C=O) groups is 1. The number of fused-ring (bicyclic) bond motifs is 4. The van der Waals surface area contributed by atoms with Gasteiger partial charge in [0.05, 0.1) is 5.52 Å². The van der Waals surface area contributed by atoms with Gasteiger partial charge in [-0.15, -0.1) is 0 Å². The van der Waals surface area contributed by atoms with E-state index in [1.54, 1.807) is 17.7 Å². The van der Waals surface area contributed by atoms with Gasteiger partial charge in [-0.05, 0) is 43.7 Å². The second-order valence-electron chi connectivity index (χ2n) is 9.14. The number of pyridine rings is 1. The minimum absolute atomic E-state index is 0.0103. The van der Waals surface area contributed by atoms with Crippen molar-refractivity contribution >= 4 is 22.9 Å². The van der Waals surface area contributed by atoms with E-state index in [4.69, 9.17) is 9.51 Å². The third-order valence-electron chi connectivity index (χ3n) is 7.37. The van der Waals surface area contributed by atoms with E-state index < -0.39 is 0 Å². The van der Waals surface area contributed by atoms with Crippen LogP contribution in [0.25, 0.3) is 11.2 Å². The summed E-state index contributed by atoms with van der Waals surface area (Å²) in [4.78, 5) is 34.8. The zero-order chi connectivity index (χ0) is 21.1. The quantitative estimate of drug-likeness (QED) is 0.639. The van der Waals surface area contributed by atoms with Crippen LogP contribution in [-0.4, -0.2) is 55.3 Å². The molecule has 0 N–H and O–H groups in total. The Kier molecular flexibility index (Phi) is 4.19. The predicted molar refractivity (Wildman–Crippen MR) is 114 cm³/mol. The Morgan fingerprint density at radius 3 is 2.65 bits per heavy atom. The molecule has 9 nitrogen and oxygen atoms in total. The van der Waals surface area contributed by atoms with Crippen molar-refractivity contribution < 1.29 is 9.32 Å². The van der Waals surface area contributed by atoms with Gasteiger partial charge in [-0.2, -0.15) is 0 Å². The monoisotopic (exact) mass is 422 g/mol. The van der Waals surface area contributed by atoms with E-state index in [9.17, 15) is 9.59 Å². The first kappa shape index (κ1) is 18.7. The molecule has 6 heterocycles. The number of hydrogen-bond acceptors (Lipinski definition) is 6. The lowest BCUT2D eigenvalue weighted by Crippen LogP contribution is -2.64. The smallest absolute Gasteiger partial charge is 0.330 e. The van der Waals surface area contributed by atoms with Crippen LogP contribution >= 0.6 is 0 Å². The third-order valence-corrected chi connectivity index (χ3v) is 7.37. The van der Waals surface area contributed by atoms with Gasteiger partial charge in [0.2, 0.25) is 0 Å². The molecule has 31 heavy (non-hydrogen) atoms. The van der Waals surface area contributed by atoms with Crippen LogP contribution < -0.4 is 10.6 Å². The number of amides is 1. The molecule has 1 amide bonds. The molecule has 2 atom stereocenters.